The third-order valence-electron chi connectivity index (χ3n) is 3.21. The van der Waals surface area contributed by atoms with Crippen LogP contribution in [0.5, 0.6) is 0 Å². The Bertz CT molecular complexity index is 739. The highest BCUT2D eigenvalue weighted by atomic mass is 32.1. The summed E-state index contributed by atoms with van der Waals surface area (Å²) in [5, 5.41) is 14.5. The van der Waals surface area contributed by atoms with E-state index in [0.717, 1.165) is 22.8 Å². The zero-order valence-electron chi connectivity index (χ0n) is 12.5. The summed E-state index contributed by atoms with van der Waals surface area (Å²) in [6.45, 7) is 1.91. The van der Waals surface area contributed by atoms with Gasteiger partial charge in [0.15, 0.2) is 0 Å². The smallest absolute Gasteiger partial charge is 0.221 e. The summed E-state index contributed by atoms with van der Waals surface area (Å²) in [7, 11) is 0. The SMILES string of the molecule is Cc1nc(CCCC(=O)N[C@H](C#N)c2ccc(F)cc2F)cs1. The average molecular weight is 335 g/mol. The molecule has 0 bridgehead atoms. The maximum Gasteiger partial charge on any atom is 0.221 e. The summed E-state index contributed by atoms with van der Waals surface area (Å²) in [5.41, 5.74) is 0.888. The van der Waals surface area contributed by atoms with E-state index in [2.05, 4.69) is 10.3 Å². The fourth-order valence-corrected chi connectivity index (χ4v) is 2.75. The topological polar surface area (TPSA) is 65.8 Å². The molecule has 0 aliphatic carbocycles. The molecule has 120 valence electrons. The third kappa shape index (κ3) is 4.83. The van der Waals surface area contributed by atoms with Gasteiger partial charge in [-0.15, -0.1) is 11.3 Å². The number of aromatic nitrogens is 1. The molecule has 1 aromatic carbocycles. The lowest BCUT2D eigenvalue weighted by atomic mass is 10.1. The molecular formula is C16H15F2N3OS. The Morgan fingerprint density at radius 1 is 1.48 bits per heavy atom. The van der Waals surface area contributed by atoms with Crippen molar-refractivity contribution in [3.63, 3.8) is 0 Å². The lowest BCUT2D eigenvalue weighted by molar-refractivity contribution is -0.121. The zero-order valence-corrected chi connectivity index (χ0v) is 13.3. The Kier molecular flexibility index (Phi) is 5.77. The first-order valence-corrected chi connectivity index (χ1v) is 7.92. The summed E-state index contributed by atoms with van der Waals surface area (Å²) < 4.78 is 26.6. The summed E-state index contributed by atoms with van der Waals surface area (Å²) in [6.07, 6.45) is 1.45. The van der Waals surface area contributed by atoms with E-state index in [1.807, 2.05) is 18.4 Å². The van der Waals surface area contributed by atoms with Crippen molar-refractivity contribution in [2.45, 2.75) is 32.2 Å². The number of benzene rings is 1. The number of nitriles is 1. The highest BCUT2D eigenvalue weighted by Crippen LogP contribution is 2.18. The van der Waals surface area contributed by atoms with Crippen molar-refractivity contribution < 1.29 is 13.6 Å². The van der Waals surface area contributed by atoms with E-state index in [1.54, 1.807) is 11.3 Å². The Morgan fingerprint density at radius 2 is 2.26 bits per heavy atom. The van der Waals surface area contributed by atoms with Gasteiger partial charge in [0, 0.05) is 23.4 Å². The average Bonchev–Trinajstić information content (AvgIpc) is 2.91. The first-order chi connectivity index (χ1) is 11.0. The molecule has 0 saturated carbocycles. The molecule has 1 heterocycles. The van der Waals surface area contributed by atoms with Gasteiger partial charge in [0.25, 0.3) is 0 Å². The number of halogens is 2. The molecule has 2 aromatic rings. The molecule has 0 fully saturated rings. The van der Waals surface area contributed by atoms with E-state index in [1.165, 1.54) is 0 Å². The predicted octanol–water partition coefficient (Wildman–Crippen LogP) is 3.43. The van der Waals surface area contributed by atoms with Crippen LogP contribution >= 0.6 is 11.3 Å². The van der Waals surface area contributed by atoms with Gasteiger partial charge in [-0.05, 0) is 25.8 Å². The Balaban J connectivity index is 1.88. The second-order valence-corrected chi connectivity index (χ2v) is 6.07. The number of carbonyl (C=O) groups excluding carboxylic acids is 1. The number of hydrogen-bond donors (Lipinski definition) is 1. The number of aryl methyl sites for hydroxylation is 2. The highest BCUT2D eigenvalue weighted by molar-refractivity contribution is 7.09. The van der Waals surface area contributed by atoms with Gasteiger partial charge >= 0.3 is 0 Å². The van der Waals surface area contributed by atoms with Crippen molar-refractivity contribution in [2.75, 3.05) is 0 Å². The summed E-state index contributed by atoms with van der Waals surface area (Å²) in [4.78, 5) is 16.2. The van der Waals surface area contributed by atoms with Crippen LogP contribution in [0.3, 0.4) is 0 Å². The molecule has 0 aliphatic rings. The molecule has 0 spiro atoms. The molecule has 4 nitrogen and oxygen atoms in total. The van der Waals surface area contributed by atoms with Crippen molar-refractivity contribution in [1.82, 2.24) is 10.3 Å². The number of nitrogens with zero attached hydrogens (tertiary/aromatic N) is 2. The van der Waals surface area contributed by atoms with E-state index in [-0.39, 0.29) is 17.9 Å². The number of thiazole rings is 1. The molecule has 0 unspecified atom stereocenters. The highest BCUT2D eigenvalue weighted by Gasteiger charge is 2.18. The summed E-state index contributed by atoms with van der Waals surface area (Å²) >= 11 is 1.55. The predicted molar refractivity (Wildman–Crippen MR) is 82.6 cm³/mol. The maximum atomic E-state index is 13.7. The van der Waals surface area contributed by atoms with Gasteiger partial charge in [0.2, 0.25) is 5.91 Å². The molecule has 7 heteroatoms. The van der Waals surface area contributed by atoms with Gasteiger partial charge in [0.05, 0.1) is 16.8 Å². The molecule has 0 saturated heterocycles. The van der Waals surface area contributed by atoms with Crippen LogP contribution in [0.4, 0.5) is 8.78 Å². The molecule has 1 amide bonds. The minimum Gasteiger partial charge on any atom is -0.337 e. The second kappa shape index (κ2) is 7.79. The quantitative estimate of drug-likeness (QED) is 0.879. The number of rotatable bonds is 6. The third-order valence-corrected chi connectivity index (χ3v) is 4.03. The fourth-order valence-electron chi connectivity index (χ4n) is 2.10. The van der Waals surface area contributed by atoms with Crippen molar-refractivity contribution in [3.8, 4) is 6.07 Å². The van der Waals surface area contributed by atoms with Crippen LogP contribution < -0.4 is 5.32 Å². The minimum atomic E-state index is -1.13. The van der Waals surface area contributed by atoms with Crippen molar-refractivity contribution in [2.24, 2.45) is 0 Å². The van der Waals surface area contributed by atoms with Gasteiger partial charge in [0.1, 0.15) is 17.7 Å². The van der Waals surface area contributed by atoms with Crippen LogP contribution in [0.25, 0.3) is 0 Å². The lowest BCUT2D eigenvalue weighted by Crippen LogP contribution is -2.28. The number of amides is 1. The van der Waals surface area contributed by atoms with Gasteiger partial charge in [-0.2, -0.15) is 5.26 Å². The molecule has 2 rings (SSSR count). The molecule has 0 aliphatic heterocycles. The van der Waals surface area contributed by atoms with E-state index >= 15 is 0 Å². The molecule has 1 N–H and O–H groups in total. The summed E-state index contributed by atoms with van der Waals surface area (Å²) in [6, 6.07) is 3.59. The molecule has 0 radical (unpaired) electrons. The van der Waals surface area contributed by atoms with Crippen molar-refractivity contribution in [1.29, 1.82) is 5.26 Å². The van der Waals surface area contributed by atoms with Crippen molar-refractivity contribution >= 4 is 17.2 Å². The number of hydrogen-bond acceptors (Lipinski definition) is 4. The van der Waals surface area contributed by atoms with Crippen LogP contribution in [-0.2, 0) is 11.2 Å². The molecule has 23 heavy (non-hydrogen) atoms. The molecular weight excluding hydrogens is 320 g/mol. The van der Waals surface area contributed by atoms with Crippen LogP contribution in [-0.4, -0.2) is 10.9 Å². The van der Waals surface area contributed by atoms with E-state index in [4.69, 9.17) is 5.26 Å². The van der Waals surface area contributed by atoms with Gasteiger partial charge in [-0.1, -0.05) is 6.07 Å². The largest absolute Gasteiger partial charge is 0.337 e. The Hall–Kier alpha value is -2.33. The monoisotopic (exact) mass is 335 g/mol. The second-order valence-electron chi connectivity index (χ2n) is 5.01. The Morgan fingerprint density at radius 3 is 2.87 bits per heavy atom. The molecule has 1 aromatic heterocycles. The first-order valence-electron chi connectivity index (χ1n) is 7.04. The standard InChI is InChI=1S/C16H15F2N3OS/c1-10-20-12(9-23-10)3-2-4-16(22)21-15(8-19)13-6-5-11(17)7-14(13)18/h5-7,9,15H,2-4H2,1H3,(H,21,22)/t15-/m1/s1. The van der Waals surface area contributed by atoms with Gasteiger partial charge in [-0.3, -0.25) is 4.79 Å². The lowest BCUT2D eigenvalue weighted by Gasteiger charge is -2.12. The minimum absolute atomic E-state index is 0.0441. The van der Waals surface area contributed by atoms with Crippen LogP contribution in [0.1, 0.15) is 35.1 Å². The number of nitrogens with one attached hydrogen (secondary N) is 1. The van der Waals surface area contributed by atoms with E-state index < -0.39 is 17.7 Å². The van der Waals surface area contributed by atoms with Crippen LogP contribution in [0.15, 0.2) is 23.6 Å². The normalized spacial score (nSPS) is 11.7. The van der Waals surface area contributed by atoms with Crippen LogP contribution in [0, 0.1) is 29.9 Å². The number of carbonyl (C=O) groups is 1. The van der Waals surface area contributed by atoms with Crippen molar-refractivity contribution in [3.05, 3.63) is 51.5 Å². The van der Waals surface area contributed by atoms with Gasteiger partial charge < -0.3 is 5.32 Å². The van der Waals surface area contributed by atoms with Gasteiger partial charge in [-0.25, -0.2) is 13.8 Å². The maximum absolute atomic E-state index is 13.7. The zero-order chi connectivity index (χ0) is 16.8. The molecule has 1 atom stereocenters. The fraction of sp³-hybridized carbons (Fsp3) is 0.312. The Labute approximate surface area is 136 Å². The van der Waals surface area contributed by atoms with E-state index in [0.29, 0.717) is 18.9 Å². The van der Waals surface area contributed by atoms with Crippen LogP contribution in [0.2, 0.25) is 0 Å². The summed E-state index contributed by atoms with van der Waals surface area (Å²) in [5.74, 6) is -1.94. The van der Waals surface area contributed by atoms with E-state index in [9.17, 15) is 13.6 Å². The first kappa shape index (κ1) is 17.0.